The van der Waals surface area contributed by atoms with Crippen molar-refractivity contribution in [1.29, 1.82) is 0 Å². The Morgan fingerprint density at radius 2 is 1.93 bits per heavy atom. The largest absolute Gasteiger partial charge is 0.496 e. The van der Waals surface area contributed by atoms with E-state index in [9.17, 15) is 18.8 Å². The van der Waals surface area contributed by atoms with E-state index in [2.05, 4.69) is 9.97 Å². The van der Waals surface area contributed by atoms with E-state index in [0.717, 1.165) is 12.8 Å². The Morgan fingerprint density at radius 3 is 2.55 bits per heavy atom. The van der Waals surface area contributed by atoms with Crippen LogP contribution in [0.2, 0.25) is 0 Å². The van der Waals surface area contributed by atoms with Crippen molar-refractivity contribution in [2.75, 3.05) is 38.2 Å². The number of amides is 1. The number of nitrogens with one attached hydrogen (secondary N) is 1. The Hall–Kier alpha value is -3.17. The van der Waals surface area contributed by atoms with Gasteiger partial charge in [0, 0.05) is 51.4 Å². The molecule has 2 aromatic rings. The first-order chi connectivity index (χ1) is 13.9. The van der Waals surface area contributed by atoms with Gasteiger partial charge in [-0.2, -0.15) is 4.39 Å². The van der Waals surface area contributed by atoms with E-state index in [1.54, 1.807) is 11.9 Å². The number of aromatic amines is 1. The third-order valence-corrected chi connectivity index (χ3v) is 5.35. The molecule has 2 aromatic heterocycles. The van der Waals surface area contributed by atoms with Gasteiger partial charge in [0.2, 0.25) is 11.8 Å². The molecule has 2 aliphatic rings. The lowest BCUT2D eigenvalue weighted by atomic mass is 10.2. The average Bonchev–Trinajstić information content (AvgIpc) is 3.56. The maximum atomic E-state index is 14.0. The Labute approximate surface area is 165 Å². The molecule has 4 rings (SSSR count). The predicted molar refractivity (Wildman–Crippen MR) is 103 cm³/mol. The number of carbonyl (C=O) groups is 1. The molecule has 0 bridgehead atoms. The molecule has 1 N–H and O–H groups in total. The van der Waals surface area contributed by atoms with Gasteiger partial charge >= 0.3 is 0 Å². The molecule has 0 unspecified atom stereocenters. The van der Waals surface area contributed by atoms with Crippen LogP contribution >= 0.6 is 0 Å². The van der Waals surface area contributed by atoms with Crippen molar-refractivity contribution >= 4 is 11.9 Å². The molecule has 0 spiro atoms. The Bertz CT molecular complexity index is 1070. The maximum absolute atomic E-state index is 14.0. The van der Waals surface area contributed by atoms with Gasteiger partial charge in [0.15, 0.2) is 0 Å². The highest BCUT2D eigenvalue weighted by Crippen LogP contribution is 2.39. The Morgan fingerprint density at radius 1 is 1.24 bits per heavy atom. The number of carbonyl (C=O) groups excluding carboxylic acids is 1. The molecule has 3 heterocycles. The van der Waals surface area contributed by atoms with Gasteiger partial charge in [-0.25, -0.2) is 4.98 Å². The summed E-state index contributed by atoms with van der Waals surface area (Å²) in [5.41, 5.74) is -0.476. The van der Waals surface area contributed by atoms with Gasteiger partial charge in [0.25, 0.3) is 17.0 Å². The number of rotatable bonds is 4. The van der Waals surface area contributed by atoms with Crippen molar-refractivity contribution in [3.05, 3.63) is 50.0 Å². The molecule has 9 nitrogen and oxygen atoms in total. The monoisotopic (exact) mass is 403 g/mol. The predicted octanol–water partition coefficient (Wildman–Crippen LogP) is 0.456. The number of ether oxygens (including phenoxy) is 1. The molecule has 1 aliphatic heterocycles. The number of aromatic nitrogens is 3. The van der Waals surface area contributed by atoms with Crippen LogP contribution in [-0.4, -0.2) is 58.6 Å². The molecular formula is C19H22FN5O4. The lowest BCUT2D eigenvalue weighted by Gasteiger charge is -2.35. The summed E-state index contributed by atoms with van der Waals surface area (Å²) in [6, 6.07) is 1.29. The van der Waals surface area contributed by atoms with E-state index < -0.39 is 11.4 Å². The second-order valence-electron chi connectivity index (χ2n) is 7.35. The summed E-state index contributed by atoms with van der Waals surface area (Å²) < 4.78 is 20.5. The molecule has 29 heavy (non-hydrogen) atoms. The Balaban J connectivity index is 1.50. The van der Waals surface area contributed by atoms with Gasteiger partial charge in [-0.3, -0.25) is 19.4 Å². The highest BCUT2D eigenvalue weighted by molar-refractivity contribution is 5.96. The van der Waals surface area contributed by atoms with E-state index in [1.165, 1.54) is 23.9 Å². The minimum atomic E-state index is -0.799. The average molecular weight is 403 g/mol. The third-order valence-electron chi connectivity index (χ3n) is 5.35. The van der Waals surface area contributed by atoms with Crippen molar-refractivity contribution in [2.24, 2.45) is 7.05 Å². The smallest absolute Gasteiger partial charge is 0.288 e. The van der Waals surface area contributed by atoms with Gasteiger partial charge in [-0.1, -0.05) is 0 Å². The first-order valence-corrected chi connectivity index (χ1v) is 9.47. The number of H-pyrrole nitrogens is 1. The quantitative estimate of drug-likeness (QED) is 0.796. The number of pyridine rings is 1. The number of anilines is 1. The summed E-state index contributed by atoms with van der Waals surface area (Å²) in [5.74, 6) is -0.441. The summed E-state index contributed by atoms with van der Waals surface area (Å²) in [7, 11) is 2.99. The lowest BCUT2D eigenvalue weighted by Crippen LogP contribution is -2.49. The van der Waals surface area contributed by atoms with E-state index in [4.69, 9.17) is 4.74 Å². The minimum absolute atomic E-state index is 0.0242. The first kappa shape index (κ1) is 19.2. The van der Waals surface area contributed by atoms with Crippen LogP contribution < -0.4 is 20.8 Å². The zero-order valence-electron chi connectivity index (χ0n) is 16.3. The number of aryl methyl sites for hydroxylation is 1. The molecule has 10 heteroatoms. The van der Waals surface area contributed by atoms with Gasteiger partial charge in [-0.15, -0.1) is 0 Å². The fourth-order valence-electron chi connectivity index (χ4n) is 3.47. The molecule has 0 radical (unpaired) electrons. The Kier molecular flexibility index (Phi) is 4.85. The van der Waals surface area contributed by atoms with Gasteiger partial charge in [0.1, 0.15) is 5.75 Å². The first-order valence-electron chi connectivity index (χ1n) is 9.47. The fourth-order valence-corrected chi connectivity index (χ4v) is 3.47. The highest BCUT2D eigenvalue weighted by Gasteiger charge is 2.32. The van der Waals surface area contributed by atoms with Crippen LogP contribution in [0.4, 0.5) is 10.3 Å². The van der Waals surface area contributed by atoms with Crippen LogP contribution in [0.15, 0.2) is 21.9 Å². The van der Waals surface area contributed by atoms with Crippen molar-refractivity contribution < 1.29 is 13.9 Å². The fraction of sp³-hybridized carbons (Fsp3) is 0.474. The SMILES string of the molecule is COc1cc(=O)n(C)cc1C(=O)N1CCN(c2nc(C3CC3)c(F)c(=O)[nH]2)CC1. The summed E-state index contributed by atoms with van der Waals surface area (Å²) in [5, 5.41) is 0. The molecule has 1 amide bonds. The molecule has 1 saturated heterocycles. The normalized spacial score (nSPS) is 16.8. The van der Waals surface area contributed by atoms with Crippen LogP contribution in [-0.2, 0) is 7.05 Å². The molecule has 1 aliphatic carbocycles. The number of methoxy groups -OCH3 is 1. The summed E-state index contributed by atoms with van der Waals surface area (Å²) in [6.07, 6.45) is 3.16. The molecule has 1 saturated carbocycles. The molecule has 2 fully saturated rings. The molecule has 0 atom stereocenters. The van der Waals surface area contributed by atoms with Crippen molar-refractivity contribution in [1.82, 2.24) is 19.4 Å². The van der Waals surface area contributed by atoms with E-state index >= 15 is 0 Å². The van der Waals surface area contributed by atoms with Gasteiger partial charge in [0.05, 0.1) is 18.4 Å². The highest BCUT2D eigenvalue weighted by atomic mass is 19.1. The number of halogens is 1. The van der Waals surface area contributed by atoms with Gasteiger partial charge < -0.3 is 19.1 Å². The summed E-state index contributed by atoms with van der Waals surface area (Å²) >= 11 is 0. The molecule has 0 aromatic carbocycles. The minimum Gasteiger partial charge on any atom is -0.496 e. The second-order valence-corrected chi connectivity index (χ2v) is 7.35. The van der Waals surface area contributed by atoms with Crippen LogP contribution in [0.25, 0.3) is 0 Å². The summed E-state index contributed by atoms with van der Waals surface area (Å²) in [4.78, 5) is 46.9. The second kappa shape index (κ2) is 7.34. The number of nitrogens with zero attached hydrogens (tertiary/aromatic N) is 4. The number of piperazine rings is 1. The lowest BCUT2D eigenvalue weighted by molar-refractivity contribution is 0.0741. The third kappa shape index (κ3) is 3.62. The van der Waals surface area contributed by atoms with Crippen LogP contribution in [0.5, 0.6) is 5.75 Å². The molecule has 154 valence electrons. The van der Waals surface area contributed by atoms with Crippen molar-refractivity contribution in [2.45, 2.75) is 18.8 Å². The van der Waals surface area contributed by atoms with Crippen LogP contribution in [0, 0.1) is 5.82 Å². The van der Waals surface area contributed by atoms with Crippen molar-refractivity contribution in [3.8, 4) is 5.75 Å². The number of hydrogen-bond donors (Lipinski definition) is 1. The summed E-state index contributed by atoms with van der Waals surface area (Å²) in [6.45, 7) is 1.67. The van der Waals surface area contributed by atoms with Gasteiger partial charge in [-0.05, 0) is 12.8 Å². The standard InChI is InChI=1S/C19H22FN5O4/c1-23-10-12(13(29-2)9-14(23)26)18(28)24-5-7-25(8-6-24)19-21-16(11-3-4-11)15(20)17(27)22-19/h9-11H,3-8H2,1-2H3,(H,21,22,27). The topological polar surface area (TPSA) is 101 Å². The number of hydrogen-bond acceptors (Lipinski definition) is 6. The van der Waals surface area contributed by atoms with E-state index in [-0.39, 0.29) is 28.8 Å². The van der Waals surface area contributed by atoms with Crippen LogP contribution in [0.3, 0.4) is 0 Å². The van der Waals surface area contributed by atoms with E-state index in [1.807, 2.05) is 4.90 Å². The van der Waals surface area contributed by atoms with Crippen LogP contribution in [0.1, 0.15) is 34.8 Å². The van der Waals surface area contributed by atoms with E-state index in [0.29, 0.717) is 37.7 Å². The van der Waals surface area contributed by atoms with Crippen molar-refractivity contribution in [3.63, 3.8) is 0 Å². The maximum Gasteiger partial charge on any atom is 0.288 e. The molecular weight excluding hydrogens is 381 g/mol. The zero-order valence-corrected chi connectivity index (χ0v) is 16.3. The zero-order chi connectivity index (χ0) is 20.7.